The first-order valence-electron chi connectivity index (χ1n) is 7.15. The quantitative estimate of drug-likeness (QED) is 0.837. The molecule has 1 aliphatic rings. The fraction of sp³-hybridized carbons (Fsp3) is 0.500. The van der Waals surface area contributed by atoms with E-state index < -0.39 is 0 Å². The molecule has 0 unspecified atom stereocenters. The van der Waals surface area contributed by atoms with Crippen molar-refractivity contribution in [3.63, 3.8) is 0 Å². The Hall–Kier alpha value is -2.04. The molecule has 21 heavy (non-hydrogen) atoms. The summed E-state index contributed by atoms with van der Waals surface area (Å²) in [6.45, 7) is 4.72. The zero-order valence-corrected chi connectivity index (χ0v) is 13.0. The molecule has 0 aromatic heterocycles. The summed E-state index contributed by atoms with van der Waals surface area (Å²) in [6.07, 6.45) is 1.29. The highest BCUT2D eigenvalue weighted by molar-refractivity contribution is 6.03. The molecule has 5 nitrogen and oxygen atoms in total. The number of carbonyl (C=O) groups excluding carboxylic acids is 1. The van der Waals surface area contributed by atoms with E-state index in [4.69, 9.17) is 9.47 Å². The third-order valence-corrected chi connectivity index (χ3v) is 3.39. The Balaban J connectivity index is 2.17. The molecule has 0 radical (unpaired) electrons. The van der Waals surface area contributed by atoms with E-state index >= 15 is 0 Å². The Kier molecular flexibility index (Phi) is 4.83. The fourth-order valence-corrected chi connectivity index (χ4v) is 2.31. The number of hydrogen-bond acceptors (Lipinski definition) is 4. The van der Waals surface area contributed by atoms with Gasteiger partial charge in [-0.2, -0.15) is 5.10 Å². The van der Waals surface area contributed by atoms with Crippen molar-refractivity contribution in [2.75, 3.05) is 20.8 Å². The fourth-order valence-electron chi connectivity index (χ4n) is 2.31. The van der Waals surface area contributed by atoms with Crippen molar-refractivity contribution in [3.8, 4) is 11.5 Å². The molecule has 0 fully saturated rings. The normalized spacial score (nSPS) is 14.3. The molecular weight excluding hydrogens is 268 g/mol. The number of carbonyl (C=O) groups is 1. The van der Waals surface area contributed by atoms with E-state index in [1.165, 1.54) is 0 Å². The molecule has 0 saturated heterocycles. The van der Waals surface area contributed by atoms with Crippen molar-refractivity contribution >= 4 is 11.6 Å². The van der Waals surface area contributed by atoms with E-state index in [1.807, 2.05) is 32.0 Å². The van der Waals surface area contributed by atoms with Gasteiger partial charge < -0.3 is 9.47 Å². The zero-order valence-electron chi connectivity index (χ0n) is 13.0. The minimum Gasteiger partial charge on any atom is -0.493 e. The first-order valence-corrected chi connectivity index (χ1v) is 7.15. The minimum atomic E-state index is 0.0838. The second-order valence-electron chi connectivity index (χ2n) is 5.48. The second kappa shape index (κ2) is 6.61. The van der Waals surface area contributed by atoms with Crippen LogP contribution in [0.1, 0.15) is 32.3 Å². The summed E-state index contributed by atoms with van der Waals surface area (Å²) in [5.41, 5.74) is 1.88. The van der Waals surface area contributed by atoms with Gasteiger partial charge in [0.25, 0.3) is 0 Å². The van der Waals surface area contributed by atoms with Crippen LogP contribution < -0.4 is 9.47 Å². The second-order valence-corrected chi connectivity index (χ2v) is 5.48. The van der Waals surface area contributed by atoms with Crippen molar-refractivity contribution in [1.29, 1.82) is 0 Å². The van der Waals surface area contributed by atoms with E-state index in [0.717, 1.165) is 17.7 Å². The number of benzene rings is 1. The molecule has 1 heterocycles. The van der Waals surface area contributed by atoms with Crippen LogP contribution in [0.3, 0.4) is 0 Å². The number of rotatable bonds is 5. The van der Waals surface area contributed by atoms with Gasteiger partial charge in [-0.1, -0.05) is 13.8 Å². The van der Waals surface area contributed by atoms with E-state index in [1.54, 1.807) is 19.2 Å². The third-order valence-electron chi connectivity index (χ3n) is 3.39. The van der Waals surface area contributed by atoms with Crippen LogP contribution in [-0.4, -0.2) is 37.4 Å². The maximum Gasteiger partial charge on any atom is 0.242 e. The van der Waals surface area contributed by atoms with Crippen LogP contribution in [0.25, 0.3) is 0 Å². The molecule has 114 valence electrons. The van der Waals surface area contributed by atoms with Gasteiger partial charge in [-0.25, -0.2) is 5.01 Å². The van der Waals surface area contributed by atoms with Crippen LogP contribution in [0.15, 0.2) is 23.3 Å². The van der Waals surface area contributed by atoms with Crippen molar-refractivity contribution in [1.82, 2.24) is 5.01 Å². The van der Waals surface area contributed by atoms with Gasteiger partial charge in [-0.05, 0) is 24.1 Å². The monoisotopic (exact) mass is 290 g/mol. The lowest BCUT2D eigenvalue weighted by Gasteiger charge is -2.12. The summed E-state index contributed by atoms with van der Waals surface area (Å²) >= 11 is 0. The van der Waals surface area contributed by atoms with Gasteiger partial charge in [0.1, 0.15) is 0 Å². The SMILES string of the molecule is COc1ccc(C2=NN(C(=O)CC(C)C)CC2)cc1OC. The van der Waals surface area contributed by atoms with Gasteiger partial charge in [0, 0.05) is 18.4 Å². The van der Waals surface area contributed by atoms with Crippen molar-refractivity contribution in [2.24, 2.45) is 11.0 Å². The number of methoxy groups -OCH3 is 2. The molecule has 1 aliphatic heterocycles. The number of hydrogen-bond donors (Lipinski definition) is 0. The first kappa shape index (κ1) is 15.4. The molecule has 0 aliphatic carbocycles. The van der Waals surface area contributed by atoms with Gasteiger partial charge >= 0.3 is 0 Å². The van der Waals surface area contributed by atoms with E-state index in [0.29, 0.717) is 30.4 Å². The molecule has 0 saturated carbocycles. The molecule has 0 bridgehead atoms. The molecule has 1 aromatic carbocycles. The van der Waals surface area contributed by atoms with E-state index in [-0.39, 0.29) is 5.91 Å². The number of ether oxygens (including phenoxy) is 2. The number of amides is 1. The molecular formula is C16H22N2O3. The Morgan fingerprint density at radius 3 is 2.62 bits per heavy atom. The van der Waals surface area contributed by atoms with Gasteiger partial charge in [0.15, 0.2) is 11.5 Å². The van der Waals surface area contributed by atoms with Gasteiger partial charge in [-0.15, -0.1) is 0 Å². The topological polar surface area (TPSA) is 51.1 Å². The predicted octanol–water partition coefficient (Wildman–Crippen LogP) is 2.69. The Labute approximate surface area is 125 Å². The lowest BCUT2D eigenvalue weighted by molar-refractivity contribution is -0.131. The highest BCUT2D eigenvalue weighted by Gasteiger charge is 2.22. The Morgan fingerprint density at radius 2 is 2.00 bits per heavy atom. The first-order chi connectivity index (χ1) is 10.0. The van der Waals surface area contributed by atoms with Gasteiger partial charge in [-0.3, -0.25) is 4.79 Å². The highest BCUT2D eigenvalue weighted by Crippen LogP contribution is 2.29. The van der Waals surface area contributed by atoms with Crippen LogP contribution in [0.2, 0.25) is 0 Å². The molecule has 0 spiro atoms. The molecule has 0 N–H and O–H groups in total. The maximum atomic E-state index is 12.0. The van der Waals surface area contributed by atoms with Gasteiger partial charge in [0.2, 0.25) is 5.91 Å². The van der Waals surface area contributed by atoms with E-state index in [2.05, 4.69) is 5.10 Å². The number of hydrazone groups is 1. The van der Waals surface area contributed by atoms with Gasteiger partial charge in [0.05, 0.1) is 26.5 Å². The highest BCUT2D eigenvalue weighted by atomic mass is 16.5. The van der Waals surface area contributed by atoms with Crippen LogP contribution in [0.5, 0.6) is 11.5 Å². The molecule has 1 aromatic rings. The summed E-state index contributed by atoms with van der Waals surface area (Å²) in [5, 5.41) is 6.02. The lowest BCUT2D eigenvalue weighted by atomic mass is 10.1. The van der Waals surface area contributed by atoms with Crippen LogP contribution in [0, 0.1) is 5.92 Å². The Bertz CT molecular complexity index is 552. The summed E-state index contributed by atoms with van der Waals surface area (Å²) in [5.74, 6) is 1.79. The average Bonchev–Trinajstić information content (AvgIpc) is 2.95. The van der Waals surface area contributed by atoms with Crippen molar-refractivity contribution in [3.05, 3.63) is 23.8 Å². The minimum absolute atomic E-state index is 0.0838. The number of nitrogens with zero attached hydrogens (tertiary/aromatic N) is 2. The van der Waals surface area contributed by atoms with Crippen LogP contribution >= 0.6 is 0 Å². The lowest BCUT2D eigenvalue weighted by Crippen LogP contribution is -2.24. The zero-order chi connectivity index (χ0) is 15.4. The Morgan fingerprint density at radius 1 is 1.29 bits per heavy atom. The molecule has 5 heteroatoms. The van der Waals surface area contributed by atoms with Crippen molar-refractivity contribution < 1.29 is 14.3 Å². The van der Waals surface area contributed by atoms with Crippen LogP contribution in [0.4, 0.5) is 0 Å². The predicted molar refractivity (Wildman–Crippen MR) is 81.9 cm³/mol. The molecule has 2 rings (SSSR count). The van der Waals surface area contributed by atoms with Crippen molar-refractivity contribution in [2.45, 2.75) is 26.7 Å². The summed E-state index contributed by atoms with van der Waals surface area (Å²) in [6, 6.07) is 5.69. The smallest absolute Gasteiger partial charge is 0.242 e. The summed E-state index contributed by atoms with van der Waals surface area (Å²) in [7, 11) is 3.22. The maximum absolute atomic E-state index is 12.0. The summed E-state index contributed by atoms with van der Waals surface area (Å²) in [4.78, 5) is 12.0. The molecule has 0 atom stereocenters. The standard InChI is InChI=1S/C16H22N2O3/c1-11(2)9-16(19)18-8-7-13(17-18)12-5-6-14(20-3)15(10-12)21-4/h5-6,10-11H,7-9H2,1-4H3. The molecule has 1 amide bonds. The van der Waals surface area contributed by atoms with Crippen LogP contribution in [-0.2, 0) is 4.79 Å². The largest absolute Gasteiger partial charge is 0.493 e. The summed E-state index contributed by atoms with van der Waals surface area (Å²) < 4.78 is 10.5. The third kappa shape index (κ3) is 3.54. The average molecular weight is 290 g/mol. The van der Waals surface area contributed by atoms with E-state index in [9.17, 15) is 4.79 Å².